The van der Waals surface area contributed by atoms with Gasteiger partial charge < -0.3 is 18.9 Å². The zero-order valence-electron chi connectivity index (χ0n) is 36.1. The summed E-state index contributed by atoms with van der Waals surface area (Å²) in [7, 11) is 1.59. The summed E-state index contributed by atoms with van der Waals surface area (Å²) < 4.78 is 34.7. The number of nitrogens with zero attached hydrogens (tertiary/aromatic N) is 1. The number of carbonyl (C=O) groups is 1. The van der Waals surface area contributed by atoms with Crippen molar-refractivity contribution in [2.45, 2.75) is 180 Å². The Labute approximate surface area is 339 Å². The lowest BCUT2D eigenvalue weighted by atomic mass is 10.1. The van der Waals surface area contributed by atoms with E-state index in [2.05, 4.69) is 62.5 Å². The minimum absolute atomic E-state index is 0.0226. The van der Waals surface area contributed by atoms with Crippen LogP contribution in [-0.2, 0) is 27.9 Å². The van der Waals surface area contributed by atoms with Gasteiger partial charge in [0.15, 0.2) is 6.10 Å². The smallest absolute Gasteiger partial charge is 0.472 e. The van der Waals surface area contributed by atoms with Crippen molar-refractivity contribution in [1.82, 2.24) is 0 Å². The molecule has 0 aromatic rings. The number of allylic oxidation sites excluding steroid dienone is 9. The monoisotopic (exact) mass is 795 g/mol. The van der Waals surface area contributed by atoms with Crippen molar-refractivity contribution in [2.24, 2.45) is 0 Å². The Balaban J connectivity index is 4.40. The highest BCUT2D eigenvalue weighted by Gasteiger charge is 2.26. The Morgan fingerprint density at radius 2 is 1.02 bits per heavy atom. The third-order valence-electron chi connectivity index (χ3n) is 9.12. The van der Waals surface area contributed by atoms with Crippen molar-refractivity contribution in [2.75, 3.05) is 47.5 Å². The molecule has 8 nitrogen and oxygen atoms in total. The first-order valence-corrected chi connectivity index (χ1v) is 23.6. The first-order chi connectivity index (χ1) is 26.6. The quantitative estimate of drug-likeness (QED) is 0.0165. The molecule has 0 aliphatic rings. The standard InChI is InChI=1S/C46H84NO7P/c1-6-8-10-12-14-16-18-20-22-24-25-27-29-31-33-35-37-39-46(48)54-45(44-53-55(49,50)52-42-40-47(3,4)5)43-51-41-38-36-34-32-30-28-26-23-21-19-17-15-13-11-9-7-2/h17,19-20,22,25,27,31,33,38,41,45H,6-16,18,21,23-24,26,28-30,32,34-37,39-40,42-44H2,1-5H3/p+1/b19-17-,22-20-,27-25-,33-31-,41-38-. The van der Waals surface area contributed by atoms with Crippen LogP contribution in [0.5, 0.6) is 0 Å². The number of likely N-dealkylation sites (N-methyl/N-ethyl adjacent to an activating group) is 1. The zero-order chi connectivity index (χ0) is 40.6. The minimum atomic E-state index is -4.31. The molecule has 0 fully saturated rings. The number of rotatable bonds is 40. The predicted octanol–water partition coefficient (Wildman–Crippen LogP) is 13.3. The molecular weight excluding hydrogens is 709 g/mol. The van der Waals surface area contributed by atoms with E-state index in [1.165, 1.54) is 116 Å². The van der Waals surface area contributed by atoms with E-state index in [0.717, 1.165) is 32.1 Å². The average Bonchev–Trinajstić information content (AvgIpc) is 3.13. The molecule has 0 aliphatic carbocycles. The minimum Gasteiger partial charge on any atom is -0.498 e. The van der Waals surface area contributed by atoms with Gasteiger partial charge in [0.1, 0.15) is 19.8 Å². The van der Waals surface area contributed by atoms with Gasteiger partial charge in [0.2, 0.25) is 0 Å². The predicted molar refractivity (Wildman–Crippen MR) is 233 cm³/mol. The summed E-state index contributed by atoms with van der Waals surface area (Å²) in [5.74, 6) is -0.389. The lowest BCUT2D eigenvalue weighted by molar-refractivity contribution is -0.870. The molecule has 0 bridgehead atoms. The van der Waals surface area contributed by atoms with Crippen LogP contribution >= 0.6 is 7.82 Å². The number of quaternary nitrogens is 1. The van der Waals surface area contributed by atoms with E-state index in [1.807, 2.05) is 27.2 Å². The van der Waals surface area contributed by atoms with Crippen molar-refractivity contribution < 1.29 is 37.3 Å². The number of phosphoric acid groups is 1. The summed E-state index contributed by atoms with van der Waals surface area (Å²) in [4.78, 5) is 22.8. The van der Waals surface area contributed by atoms with E-state index >= 15 is 0 Å². The van der Waals surface area contributed by atoms with Crippen molar-refractivity contribution >= 4 is 13.8 Å². The van der Waals surface area contributed by atoms with E-state index in [-0.39, 0.29) is 32.2 Å². The molecular formula is C46H85NO7P+. The van der Waals surface area contributed by atoms with E-state index in [1.54, 1.807) is 6.26 Å². The van der Waals surface area contributed by atoms with Gasteiger partial charge in [-0.25, -0.2) is 4.57 Å². The molecule has 0 saturated carbocycles. The van der Waals surface area contributed by atoms with Crippen LogP contribution in [0.15, 0.2) is 60.9 Å². The maximum absolute atomic E-state index is 12.7. The molecule has 0 aliphatic heterocycles. The number of esters is 1. The molecule has 2 atom stereocenters. The van der Waals surface area contributed by atoms with Gasteiger partial charge in [-0.3, -0.25) is 13.8 Å². The van der Waals surface area contributed by atoms with Crippen LogP contribution in [0, 0.1) is 0 Å². The Morgan fingerprint density at radius 3 is 1.55 bits per heavy atom. The van der Waals surface area contributed by atoms with Crippen LogP contribution in [-0.4, -0.2) is 69.0 Å². The first-order valence-electron chi connectivity index (χ1n) is 22.1. The zero-order valence-corrected chi connectivity index (χ0v) is 37.0. The average molecular weight is 795 g/mol. The van der Waals surface area contributed by atoms with Gasteiger partial charge in [-0.15, -0.1) is 0 Å². The lowest BCUT2D eigenvalue weighted by Crippen LogP contribution is -2.37. The SMILES string of the molecule is CCCCCC/C=C\CCCCCCCC/C=C\OCC(COP(=O)(O)OCC[N+](C)(C)C)OC(=O)CCC/C=C\C/C=C\C/C=C\CCCCCCCC. The maximum atomic E-state index is 12.7. The second-order valence-electron chi connectivity index (χ2n) is 15.8. The molecule has 0 heterocycles. The summed E-state index contributed by atoms with van der Waals surface area (Å²) in [6.07, 6.45) is 49.3. The molecule has 2 unspecified atom stereocenters. The number of hydrogen-bond acceptors (Lipinski definition) is 6. The second-order valence-corrected chi connectivity index (χ2v) is 17.2. The van der Waals surface area contributed by atoms with Crippen molar-refractivity contribution in [3.8, 4) is 0 Å². The molecule has 0 spiro atoms. The molecule has 55 heavy (non-hydrogen) atoms. The Kier molecular flexibility index (Phi) is 37.5. The van der Waals surface area contributed by atoms with E-state index in [9.17, 15) is 14.3 Å². The fraction of sp³-hybridized carbons (Fsp3) is 0.761. The third-order valence-corrected chi connectivity index (χ3v) is 10.1. The Hall–Kier alpha value is -1.96. The maximum Gasteiger partial charge on any atom is 0.472 e. The molecule has 9 heteroatoms. The van der Waals surface area contributed by atoms with Crippen molar-refractivity contribution in [3.05, 3.63) is 60.9 Å². The van der Waals surface area contributed by atoms with Gasteiger partial charge in [-0.2, -0.15) is 0 Å². The number of phosphoric ester groups is 1. The van der Waals surface area contributed by atoms with Crippen molar-refractivity contribution in [3.63, 3.8) is 0 Å². The molecule has 0 radical (unpaired) electrons. The van der Waals surface area contributed by atoms with Gasteiger partial charge in [0.05, 0.1) is 34.0 Å². The summed E-state index contributed by atoms with van der Waals surface area (Å²) in [6.45, 7) is 4.84. The number of hydrogen-bond donors (Lipinski definition) is 1. The summed E-state index contributed by atoms with van der Waals surface area (Å²) in [6, 6.07) is 0. The fourth-order valence-electron chi connectivity index (χ4n) is 5.65. The second kappa shape index (κ2) is 38.9. The fourth-order valence-corrected chi connectivity index (χ4v) is 6.39. The summed E-state index contributed by atoms with van der Waals surface area (Å²) in [5.41, 5.74) is 0. The van der Waals surface area contributed by atoms with Crippen LogP contribution in [0.1, 0.15) is 174 Å². The highest BCUT2D eigenvalue weighted by molar-refractivity contribution is 7.47. The van der Waals surface area contributed by atoms with Crippen LogP contribution < -0.4 is 0 Å². The van der Waals surface area contributed by atoms with Gasteiger partial charge in [-0.1, -0.05) is 140 Å². The van der Waals surface area contributed by atoms with Gasteiger partial charge in [-0.05, 0) is 83.1 Å². The molecule has 0 rings (SSSR count). The van der Waals surface area contributed by atoms with Crippen LogP contribution in [0.25, 0.3) is 0 Å². The molecule has 0 saturated heterocycles. The van der Waals surface area contributed by atoms with Crippen LogP contribution in [0.2, 0.25) is 0 Å². The Morgan fingerprint density at radius 1 is 0.582 bits per heavy atom. The number of ether oxygens (including phenoxy) is 2. The molecule has 320 valence electrons. The van der Waals surface area contributed by atoms with Gasteiger partial charge >= 0.3 is 13.8 Å². The van der Waals surface area contributed by atoms with Gasteiger partial charge in [0, 0.05) is 6.42 Å². The van der Waals surface area contributed by atoms with E-state index in [4.69, 9.17) is 18.5 Å². The molecule has 0 aromatic carbocycles. The van der Waals surface area contributed by atoms with E-state index in [0.29, 0.717) is 17.4 Å². The number of carbonyl (C=O) groups excluding carboxylic acids is 1. The molecule has 0 aromatic heterocycles. The van der Waals surface area contributed by atoms with Crippen LogP contribution in [0.4, 0.5) is 0 Å². The Bertz CT molecular complexity index is 1060. The highest BCUT2D eigenvalue weighted by Crippen LogP contribution is 2.43. The van der Waals surface area contributed by atoms with Crippen LogP contribution in [0.3, 0.4) is 0 Å². The first kappa shape index (κ1) is 53.0. The molecule has 1 N–H and O–H groups in total. The van der Waals surface area contributed by atoms with Gasteiger partial charge in [0.25, 0.3) is 0 Å². The normalized spacial score (nSPS) is 14.3. The van der Waals surface area contributed by atoms with E-state index < -0.39 is 13.9 Å². The third kappa shape index (κ3) is 43.0. The largest absolute Gasteiger partial charge is 0.498 e. The summed E-state index contributed by atoms with van der Waals surface area (Å²) >= 11 is 0. The van der Waals surface area contributed by atoms with Crippen molar-refractivity contribution in [1.29, 1.82) is 0 Å². The lowest BCUT2D eigenvalue weighted by Gasteiger charge is -2.24. The molecule has 0 amide bonds. The number of unbranched alkanes of at least 4 members (excludes halogenated alkanes) is 18. The summed E-state index contributed by atoms with van der Waals surface area (Å²) in [5, 5.41) is 0. The highest BCUT2D eigenvalue weighted by atomic mass is 31.2. The topological polar surface area (TPSA) is 91.3 Å².